The Bertz CT molecular complexity index is 1060. The van der Waals surface area contributed by atoms with Crippen LogP contribution in [-0.4, -0.2) is 58.7 Å². The van der Waals surface area contributed by atoms with E-state index in [0.29, 0.717) is 12.1 Å². The highest BCUT2D eigenvalue weighted by molar-refractivity contribution is 7.80. The summed E-state index contributed by atoms with van der Waals surface area (Å²) in [5.41, 5.74) is 2.54. The first-order valence-corrected chi connectivity index (χ1v) is 11.9. The molecule has 1 unspecified atom stereocenters. The summed E-state index contributed by atoms with van der Waals surface area (Å²) in [6.07, 6.45) is -0.343. The number of likely N-dealkylation sites (N-methyl/N-ethyl adjacent to an activating group) is 1. The number of nitrogens with zero attached hydrogens (tertiary/aromatic N) is 1. The molecule has 2 aromatic rings. The van der Waals surface area contributed by atoms with Crippen LogP contribution in [0.4, 0.5) is 8.78 Å². The molecular weight excluding hydrogens is 474 g/mol. The van der Waals surface area contributed by atoms with Crippen molar-refractivity contribution in [2.24, 2.45) is 0 Å². The van der Waals surface area contributed by atoms with Gasteiger partial charge in [0.1, 0.15) is 17.7 Å². The number of thiocarbonyl (C=S) groups is 1. The van der Waals surface area contributed by atoms with Crippen molar-refractivity contribution in [3.63, 3.8) is 0 Å². The van der Waals surface area contributed by atoms with E-state index in [1.54, 1.807) is 0 Å². The first-order chi connectivity index (χ1) is 16.7. The third-order valence-electron chi connectivity index (χ3n) is 5.89. The molecule has 1 fully saturated rings. The molecule has 0 bridgehead atoms. The number of rotatable bonds is 11. The van der Waals surface area contributed by atoms with Crippen molar-refractivity contribution in [1.82, 2.24) is 20.9 Å². The topological polar surface area (TPSA) is 93.7 Å². The number of halogens is 2. The van der Waals surface area contributed by atoms with Gasteiger partial charge in [0.2, 0.25) is 5.91 Å². The van der Waals surface area contributed by atoms with Crippen LogP contribution in [0.3, 0.4) is 0 Å². The van der Waals surface area contributed by atoms with Crippen LogP contribution in [0.15, 0.2) is 42.5 Å². The molecule has 1 aliphatic rings. The zero-order chi connectivity index (χ0) is 25.5. The average molecular weight is 505 g/mol. The second-order valence-corrected chi connectivity index (χ2v) is 9.02. The highest BCUT2D eigenvalue weighted by Gasteiger charge is 2.35. The maximum atomic E-state index is 13.7. The Morgan fingerprint density at radius 3 is 2.49 bits per heavy atom. The van der Waals surface area contributed by atoms with E-state index in [2.05, 4.69) is 28.9 Å². The third-order valence-corrected chi connectivity index (χ3v) is 6.28. The van der Waals surface area contributed by atoms with E-state index in [1.807, 2.05) is 18.2 Å². The summed E-state index contributed by atoms with van der Waals surface area (Å²) in [7, 11) is 1.52. The first-order valence-electron chi connectivity index (χ1n) is 11.4. The van der Waals surface area contributed by atoms with E-state index in [0.717, 1.165) is 30.2 Å². The van der Waals surface area contributed by atoms with Crippen molar-refractivity contribution in [2.45, 2.75) is 50.9 Å². The highest BCUT2D eigenvalue weighted by atomic mass is 32.1. The van der Waals surface area contributed by atoms with Crippen molar-refractivity contribution in [1.29, 1.82) is 0 Å². The minimum atomic E-state index is -1.06. The van der Waals surface area contributed by atoms with Crippen LogP contribution in [-0.2, 0) is 29.0 Å². The van der Waals surface area contributed by atoms with E-state index < -0.39 is 35.7 Å². The lowest BCUT2D eigenvalue weighted by molar-refractivity contribution is -0.130. The summed E-state index contributed by atoms with van der Waals surface area (Å²) in [5, 5.41) is 19.8. The Morgan fingerprint density at radius 1 is 1.17 bits per heavy atom. The molecule has 2 aromatic carbocycles. The van der Waals surface area contributed by atoms with Crippen LogP contribution >= 0.6 is 12.2 Å². The molecule has 0 saturated carbocycles. The second kappa shape index (κ2) is 12.1. The van der Waals surface area contributed by atoms with Gasteiger partial charge >= 0.3 is 0 Å². The highest BCUT2D eigenvalue weighted by Crippen LogP contribution is 2.13. The monoisotopic (exact) mass is 504 g/mol. The van der Waals surface area contributed by atoms with E-state index in [4.69, 9.17) is 12.2 Å². The van der Waals surface area contributed by atoms with Crippen LogP contribution < -0.4 is 16.0 Å². The molecule has 1 heterocycles. The summed E-state index contributed by atoms with van der Waals surface area (Å²) in [6.45, 7) is 2.70. The maximum Gasteiger partial charge on any atom is 0.251 e. The van der Waals surface area contributed by atoms with Gasteiger partial charge in [0.25, 0.3) is 5.91 Å². The van der Waals surface area contributed by atoms with Crippen LogP contribution in [0.5, 0.6) is 0 Å². The first kappa shape index (κ1) is 26.7. The molecule has 0 radical (unpaired) electrons. The SMILES string of the molecule is CCc1cccc(CNC[C@H](O)[C@H](Cc2cc(F)cc(F)c2)NC(=O)CC2NC(=S)N(C)C2=O)c1. The number of aryl methyl sites for hydroxylation is 1. The van der Waals surface area contributed by atoms with E-state index in [9.17, 15) is 23.5 Å². The number of hydrogen-bond donors (Lipinski definition) is 4. The predicted molar refractivity (Wildman–Crippen MR) is 132 cm³/mol. The van der Waals surface area contributed by atoms with Crippen LogP contribution in [0, 0.1) is 11.6 Å². The standard InChI is InChI=1S/C25H30F2N4O3S/c1-3-15-5-4-6-16(7-15)13-28-14-22(32)20(10-17-8-18(26)11-19(27)9-17)29-23(33)12-21-24(34)31(2)25(35)30-21/h4-9,11,20-22,28,32H,3,10,12-14H2,1-2H3,(H,29,33)(H,30,35)/t20-,21?,22-/m0/s1. The van der Waals surface area contributed by atoms with Crippen LogP contribution in [0.2, 0.25) is 0 Å². The largest absolute Gasteiger partial charge is 0.390 e. The van der Waals surface area contributed by atoms with Crippen LogP contribution in [0.25, 0.3) is 0 Å². The number of hydrogen-bond acceptors (Lipinski definition) is 5. The Morgan fingerprint density at radius 2 is 1.86 bits per heavy atom. The molecule has 1 aliphatic heterocycles. The van der Waals surface area contributed by atoms with Crippen molar-refractivity contribution in [2.75, 3.05) is 13.6 Å². The summed E-state index contributed by atoms with van der Waals surface area (Å²) in [6, 6.07) is 9.48. The molecule has 3 rings (SSSR count). The van der Waals surface area contributed by atoms with E-state index in [-0.39, 0.29) is 30.4 Å². The van der Waals surface area contributed by atoms with Gasteiger partial charge in [-0.05, 0) is 53.9 Å². The fraction of sp³-hybridized carbons (Fsp3) is 0.400. The van der Waals surface area contributed by atoms with Gasteiger partial charge in [-0.3, -0.25) is 14.5 Å². The Balaban J connectivity index is 1.65. The molecule has 4 N–H and O–H groups in total. The van der Waals surface area contributed by atoms with Gasteiger partial charge in [-0.1, -0.05) is 31.2 Å². The summed E-state index contributed by atoms with van der Waals surface area (Å²) >= 11 is 5.04. The fourth-order valence-corrected chi connectivity index (χ4v) is 4.20. The van der Waals surface area contributed by atoms with Gasteiger partial charge in [0, 0.05) is 26.2 Å². The number of carbonyl (C=O) groups excluding carboxylic acids is 2. The minimum absolute atomic E-state index is 0.00105. The van der Waals surface area contributed by atoms with Gasteiger partial charge in [-0.25, -0.2) is 8.78 Å². The number of benzene rings is 2. The molecule has 188 valence electrons. The molecule has 3 atom stereocenters. The molecule has 1 saturated heterocycles. The molecule has 2 amide bonds. The summed E-state index contributed by atoms with van der Waals surface area (Å²) in [4.78, 5) is 26.2. The van der Waals surface area contributed by atoms with Crippen molar-refractivity contribution < 1.29 is 23.5 Å². The Labute approximate surface area is 208 Å². The van der Waals surface area contributed by atoms with Gasteiger partial charge in [-0.2, -0.15) is 0 Å². The molecule has 7 nitrogen and oxygen atoms in total. The molecule has 35 heavy (non-hydrogen) atoms. The van der Waals surface area contributed by atoms with Gasteiger partial charge in [0.15, 0.2) is 5.11 Å². The lowest BCUT2D eigenvalue weighted by Crippen LogP contribution is -2.50. The third kappa shape index (κ3) is 7.51. The normalized spacial score (nSPS) is 17.3. The number of nitrogens with one attached hydrogen (secondary N) is 3. The van der Waals surface area contributed by atoms with Gasteiger partial charge in [-0.15, -0.1) is 0 Å². The number of carbonyl (C=O) groups is 2. The molecule has 10 heteroatoms. The van der Waals surface area contributed by atoms with Gasteiger partial charge < -0.3 is 21.1 Å². The van der Waals surface area contributed by atoms with Crippen molar-refractivity contribution in [3.05, 3.63) is 70.8 Å². The lowest BCUT2D eigenvalue weighted by atomic mass is 10.00. The average Bonchev–Trinajstić information content (AvgIpc) is 3.04. The lowest BCUT2D eigenvalue weighted by Gasteiger charge is -2.25. The Hall–Kier alpha value is -2.95. The quantitative estimate of drug-likeness (QED) is 0.349. The van der Waals surface area contributed by atoms with Crippen molar-refractivity contribution in [3.8, 4) is 0 Å². The molecule has 0 spiro atoms. The minimum Gasteiger partial charge on any atom is -0.390 e. The summed E-state index contributed by atoms with van der Waals surface area (Å²) in [5.74, 6) is -2.31. The smallest absolute Gasteiger partial charge is 0.251 e. The number of aliphatic hydroxyl groups is 1. The van der Waals surface area contributed by atoms with E-state index in [1.165, 1.54) is 17.5 Å². The Kier molecular flexibility index (Phi) is 9.25. The molecule has 0 aliphatic carbocycles. The molecule has 0 aromatic heterocycles. The maximum absolute atomic E-state index is 13.7. The van der Waals surface area contributed by atoms with Crippen LogP contribution in [0.1, 0.15) is 30.0 Å². The van der Waals surface area contributed by atoms with Gasteiger partial charge in [0.05, 0.1) is 18.6 Å². The summed E-state index contributed by atoms with van der Waals surface area (Å²) < 4.78 is 27.4. The zero-order valence-electron chi connectivity index (χ0n) is 19.7. The predicted octanol–water partition coefficient (Wildman–Crippen LogP) is 1.81. The number of amides is 2. The number of aliphatic hydroxyl groups excluding tert-OH is 1. The zero-order valence-corrected chi connectivity index (χ0v) is 20.5. The fourth-order valence-electron chi connectivity index (χ4n) is 3.96. The van der Waals surface area contributed by atoms with Crippen molar-refractivity contribution >= 4 is 29.1 Å². The molecular formula is C25H30F2N4O3S. The van der Waals surface area contributed by atoms with E-state index >= 15 is 0 Å². The second-order valence-electron chi connectivity index (χ2n) is 8.63.